The van der Waals surface area contributed by atoms with Crippen LogP contribution in [0.3, 0.4) is 0 Å². The van der Waals surface area contributed by atoms with Gasteiger partial charge < -0.3 is 9.13 Å². The maximum Gasteiger partial charge on any atom is 0.252 e. The van der Waals surface area contributed by atoms with Gasteiger partial charge in [0.05, 0.1) is 16.6 Å². The van der Waals surface area contributed by atoms with Gasteiger partial charge in [0.15, 0.2) is 0 Å². The molecule has 4 heteroatoms. The minimum atomic E-state index is -0.232. The second-order valence-corrected chi connectivity index (χ2v) is 24.4. The third-order valence-electron chi connectivity index (χ3n) is 17.5. The van der Waals surface area contributed by atoms with Gasteiger partial charge in [0.1, 0.15) is 5.82 Å². The highest BCUT2D eigenvalue weighted by molar-refractivity contribution is 7.00. The molecule has 0 atom stereocenters. The summed E-state index contributed by atoms with van der Waals surface area (Å²) >= 11 is 0. The molecule has 0 bridgehead atoms. The van der Waals surface area contributed by atoms with Crippen LogP contribution < -0.4 is 16.4 Å². The van der Waals surface area contributed by atoms with E-state index >= 15 is 4.39 Å². The zero-order valence-electron chi connectivity index (χ0n) is 45.2. The lowest BCUT2D eigenvalue weighted by Crippen LogP contribution is -2.59. The number of aryl methyl sites for hydroxylation is 3. The number of aromatic nitrogens is 2. The lowest BCUT2D eigenvalue weighted by Gasteiger charge is -2.35. The van der Waals surface area contributed by atoms with Crippen molar-refractivity contribution in [1.82, 2.24) is 9.13 Å². The molecule has 2 aromatic heterocycles. The van der Waals surface area contributed by atoms with Crippen molar-refractivity contribution in [3.8, 4) is 55.9 Å². The fraction of sp³-hybridized carbons (Fsp3) is 0.151. The Bertz CT molecular complexity index is 4710. The molecule has 77 heavy (non-hydrogen) atoms. The van der Waals surface area contributed by atoms with Crippen LogP contribution in [0.2, 0.25) is 0 Å². The van der Waals surface area contributed by atoms with Gasteiger partial charge in [-0.1, -0.05) is 193 Å². The van der Waals surface area contributed by atoms with E-state index in [0.717, 1.165) is 28.0 Å². The minimum absolute atomic E-state index is 0.0587. The van der Waals surface area contributed by atoms with Crippen molar-refractivity contribution in [2.45, 2.75) is 73.1 Å². The van der Waals surface area contributed by atoms with Crippen LogP contribution >= 0.6 is 0 Å². The van der Waals surface area contributed by atoms with E-state index in [2.05, 4.69) is 235 Å². The quantitative estimate of drug-likeness (QED) is 0.123. The molecule has 2 nitrogen and oxygen atoms in total. The summed E-state index contributed by atoms with van der Waals surface area (Å²) in [4.78, 5) is 0. The van der Waals surface area contributed by atoms with Crippen molar-refractivity contribution in [2.24, 2.45) is 0 Å². The molecule has 4 heterocycles. The van der Waals surface area contributed by atoms with Crippen molar-refractivity contribution < 1.29 is 4.39 Å². The van der Waals surface area contributed by atoms with Crippen LogP contribution in [0.1, 0.15) is 69.4 Å². The standard InChI is InChI=1S/C73H58BFN2/c1-41-32-42(2)64(43(3)33-41)46-28-30-53-61(34-46)77-63-36-47(50-24-18-19-27-59(50)75)35-62-69(63)74(57-39-49(73(7,8)9)38-55-54-37-48(72(4,5)6)29-31-60(54)76(62)70(55)57)58-40-56-65(44-20-12-10-13-21-44)51-25-16-17-26-52(51)66(45-22-14-11-15-23-45)67(56)68(53)71(58)77/h10-40H,1-9H3. The molecule has 15 rings (SSSR count). The molecular weight excluding hydrogens is 935 g/mol. The number of halogens is 1. The van der Waals surface area contributed by atoms with Crippen LogP contribution in [0.15, 0.2) is 188 Å². The molecule has 0 amide bonds. The minimum Gasteiger partial charge on any atom is -0.310 e. The molecule has 2 aliphatic heterocycles. The summed E-state index contributed by atoms with van der Waals surface area (Å²) in [6, 6.07) is 69.8. The van der Waals surface area contributed by atoms with E-state index in [0.29, 0.717) is 5.56 Å². The van der Waals surface area contributed by atoms with Crippen LogP contribution in [-0.2, 0) is 10.8 Å². The van der Waals surface area contributed by atoms with Crippen molar-refractivity contribution >= 4 is 88.3 Å². The summed E-state index contributed by atoms with van der Waals surface area (Å²) < 4.78 is 21.8. The third kappa shape index (κ3) is 6.48. The molecule has 11 aromatic carbocycles. The van der Waals surface area contributed by atoms with Crippen LogP contribution in [0.5, 0.6) is 0 Å². The summed E-state index contributed by atoms with van der Waals surface area (Å²) in [6.45, 7) is 20.5. The number of fused-ring (bicyclic) bond motifs is 13. The number of hydrogen-bond donors (Lipinski definition) is 0. The van der Waals surface area contributed by atoms with Crippen molar-refractivity contribution in [1.29, 1.82) is 0 Å². The van der Waals surface area contributed by atoms with Gasteiger partial charge in [-0.3, -0.25) is 0 Å². The first-order valence-electron chi connectivity index (χ1n) is 27.4. The van der Waals surface area contributed by atoms with E-state index < -0.39 is 0 Å². The number of hydrogen-bond acceptors (Lipinski definition) is 0. The predicted octanol–water partition coefficient (Wildman–Crippen LogP) is 17.7. The third-order valence-corrected chi connectivity index (χ3v) is 17.5. The summed E-state index contributed by atoms with van der Waals surface area (Å²) in [5.41, 5.74) is 25.7. The normalized spacial score (nSPS) is 13.0. The molecule has 13 aromatic rings. The second-order valence-electron chi connectivity index (χ2n) is 24.4. The zero-order chi connectivity index (χ0) is 52.6. The summed E-state index contributed by atoms with van der Waals surface area (Å²) in [5.74, 6) is -0.232. The Morgan fingerprint density at radius 3 is 1.64 bits per heavy atom. The maximum absolute atomic E-state index is 16.7. The van der Waals surface area contributed by atoms with Crippen LogP contribution in [0, 0.1) is 26.6 Å². The Balaban J connectivity index is 1.23. The first-order valence-corrected chi connectivity index (χ1v) is 27.4. The average molecular weight is 993 g/mol. The van der Waals surface area contributed by atoms with E-state index in [4.69, 9.17) is 0 Å². The smallest absolute Gasteiger partial charge is 0.252 e. The highest BCUT2D eigenvalue weighted by Crippen LogP contribution is 2.51. The molecule has 0 N–H and O–H groups in total. The van der Waals surface area contributed by atoms with Crippen LogP contribution in [0.4, 0.5) is 4.39 Å². The number of benzene rings is 11. The topological polar surface area (TPSA) is 9.86 Å². The summed E-state index contributed by atoms with van der Waals surface area (Å²) in [6.07, 6.45) is 0. The van der Waals surface area contributed by atoms with Gasteiger partial charge in [-0.15, -0.1) is 0 Å². The van der Waals surface area contributed by atoms with Crippen molar-refractivity contribution in [3.63, 3.8) is 0 Å². The molecule has 0 aliphatic carbocycles. The Morgan fingerprint density at radius 1 is 0.390 bits per heavy atom. The van der Waals surface area contributed by atoms with Crippen LogP contribution in [-0.4, -0.2) is 15.8 Å². The van der Waals surface area contributed by atoms with Gasteiger partial charge >= 0.3 is 0 Å². The molecule has 0 saturated heterocycles. The fourth-order valence-corrected chi connectivity index (χ4v) is 14.1. The number of nitrogens with zero attached hydrogens (tertiary/aromatic N) is 2. The largest absolute Gasteiger partial charge is 0.310 e. The highest BCUT2D eigenvalue weighted by Gasteiger charge is 2.43. The van der Waals surface area contributed by atoms with Crippen molar-refractivity contribution in [2.75, 3.05) is 0 Å². The van der Waals surface area contributed by atoms with Gasteiger partial charge in [-0.2, -0.15) is 0 Å². The van der Waals surface area contributed by atoms with Gasteiger partial charge in [0, 0.05) is 49.4 Å². The summed E-state index contributed by atoms with van der Waals surface area (Å²) in [5, 5.41) is 9.88. The van der Waals surface area contributed by atoms with Crippen molar-refractivity contribution in [3.05, 3.63) is 222 Å². The highest BCUT2D eigenvalue weighted by atomic mass is 19.1. The molecule has 0 radical (unpaired) electrons. The number of rotatable bonds is 4. The van der Waals surface area contributed by atoms with E-state index in [9.17, 15) is 0 Å². The maximum atomic E-state index is 16.7. The average Bonchev–Trinajstić information content (AvgIpc) is 3.82. The monoisotopic (exact) mass is 992 g/mol. The second kappa shape index (κ2) is 16.0. The Morgan fingerprint density at radius 2 is 0.974 bits per heavy atom. The molecule has 0 spiro atoms. The first kappa shape index (κ1) is 45.9. The molecule has 2 aliphatic rings. The Kier molecular flexibility index (Phi) is 9.56. The van der Waals surface area contributed by atoms with E-state index in [1.54, 1.807) is 12.1 Å². The van der Waals surface area contributed by atoms with E-state index in [1.807, 2.05) is 12.1 Å². The van der Waals surface area contributed by atoms with E-state index in [1.165, 1.54) is 132 Å². The predicted molar refractivity (Wildman–Crippen MR) is 328 cm³/mol. The molecular formula is C73H58BFN2. The molecule has 0 unspecified atom stereocenters. The fourth-order valence-electron chi connectivity index (χ4n) is 14.1. The molecule has 0 fully saturated rings. The van der Waals surface area contributed by atoms with Gasteiger partial charge in [0.25, 0.3) is 6.71 Å². The lowest BCUT2D eigenvalue weighted by molar-refractivity contribution is 0.590. The Hall–Kier alpha value is -8.47. The Labute approximate surface area is 450 Å². The summed E-state index contributed by atoms with van der Waals surface area (Å²) in [7, 11) is 0. The van der Waals surface area contributed by atoms with E-state index in [-0.39, 0.29) is 23.4 Å². The van der Waals surface area contributed by atoms with Gasteiger partial charge in [-0.25, -0.2) is 4.39 Å². The van der Waals surface area contributed by atoms with Gasteiger partial charge in [-0.05, 0) is 168 Å². The zero-order valence-corrected chi connectivity index (χ0v) is 45.2. The molecule has 0 saturated carbocycles. The lowest BCUT2D eigenvalue weighted by atomic mass is 9.34. The van der Waals surface area contributed by atoms with Gasteiger partial charge in [0.2, 0.25) is 0 Å². The SMILES string of the molecule is Cc1cc(C)c(-c2ccc3c4c5c(-c6ccccc6)c6ccccc6c(-c6ccccc6)c5cc5c4n(c3c2)-c2cc(-c3ccccc3F)cc3c2B5c2cc(C(C)(C)C)cc4c5cc(C(C)(C)C)ccc5n-3c24)c(C)c1. The molecule has 370 valence electrons. The van der Waals surface area contributed by atoms with Crippen LogP contribution in [0.25, 0.3) is 121 Å². The first-order chi connectivity index (χ1) is 37.1.